The van der Waals surface area contributed by atoms with Gasteiger partial charge in [0, 0.05) is 11.8 Å². The Morgan fingerprint density at radius 3 is 2.57 bits per heavy atom. The maximum atomic E-state index is 12.6. The number of anilines is 1. The Bertz CT molecular complexity index is 886. The first-order valence-corrected chi connectivity index (χ1v) is 6.26. The van der Waals surface area contributed by atoms with Crippen LogP contribution in [0.4, 0.5) is 5.69 Å². The van der Waals surface area contributed by atoms with Crippen molar-refractivity contribution in [2.24, 2.45) is 0 Å². The molecule has 0 radical (unpaired) electrons. The molecule has 0 bridgehead atoms. The van der Waals surface area contributed by atoms with Gasteiger partial charge in [0.1, 0.15) is 23.1 Å². The zero-order valence-corrected chi connectivity index (χ0v) is 10.9. The van der Waals surface area contributed by atoms with Gasteiger partial charge in [-0.05, 0) is 36.4 Å². The number of carbonyl (C=O) groups excluding carboxylic acids is 1. The normalized spacial score (nSPS) is 10.4. The molecule has 2 aromatic heterocycles. The Morgan fingerprint density at radius 1 is 1.19 bits per heavy atom. The van der Waals surface area contributed by atoms with Crippen molar-refractivity contribution in [3.05, 3.63) is 65.5 Å². The number of rotatable bonds is 2. The number of nitrogens with zero attached hydrogens (tertiary/aromatic N) is 2. The van der Waals surface area contributed by atoms with E-state index in [0.29, 0.717) is 11.1 Å². The number of nitrogens with two attached hydrogens (primary N) is 1. The molecule has 102 valence electrons. The number of hydrogen-bond acceptors (Lipinski definition) is 4. The van der Waals surface area contributed by atoms with Crippen molar-refractivity contribution in [1.29, 1.82) is 5.26 Å². The minimum Gasteiger partial charge on any atom is -0.508 e. The van der Waals surface area contributed by atoms with Gasteiger partial charge < -0.3 is 15.2 Å². The van der Waals surface area contributed by atoms with Crippen LogP contribution < -0.4 is 5.73 Å². The molecule has 0 aliphatic carbocycles. The van der Waals surface area contributed by atoms with Gasteiger partial charge >= 0.3 is 0 Å². The monoisotopic (exact) mass is 277 g/mol. The molecule has 21 heavy (non-hydrogen) atoms. The van der Waals surface area contributed by atoms with Crippen LogP contribution in [0.15, 0.2) is 48.7 Å². The first-order chi connectivity index (χ1) is 10.1. The van der Waals surface area contributed by atoms with Crippen LogP contribution in [0.1, 0.15) is 21.6 Å². The molecule has 0 unspecified atom stereocenters. The number of hydrogen-bond donors (Lipinski definition) is 2. The van der Waals surface area contributed by atoms with Crippen molar-refractivity contribution < 1.29 is 9.90 Å². The number of nitriles is 1. The van der Waals surface area contributed by atoms with Gasteiger partial charge in [0.25, 0.3) is 0 Å². The molecule has 0 amide bonds. The van der Waals surface area contributed by atoms with Crippen LogP contribution >= 0.6 is 0 Å². The summed E-state index contributed by atoms with van der Waals surface area (Å²) in [7, 11) is 0. The number of aromatic nitrogens is 1. The summed E-state index contributed by atoms with van der Waals surface area (Å²) in [6, 6.07) is 13.2. The van der Waals surface area contributed by atoms with Gasteiger partial charge in [-0.3, -0.25) is 4.79 Å². The topological polar surface area (TPSA) is 91.5 Å². The molecule has 0 spiro atoms. The van der Waals surface area contributed by atoms with E-state index in [1.807, 2.05) is 6.07 Å². The molecule has 0 atom stereocenters. The molecule has 2 heterocycles. The highest BCUT2D eigenvalue weighted by Gasteiger charge is 2.22. The largest absolute Gasteiger partial charge is 0.508 e. The SMILES string of the molecule is N#Cc1c(N)c(C(=O)c2ccc(O)cc2)n2ccccc12. The summed E-state index contributed by atoms with van der Waals surface area (Å²) in [5, 5.41) is 18.5. The highest BCUT2D eigenvalue weighted by atomic mass is 16.3. The number of fused-ring (bicyclic) bond motifs is 1. The second-order valence-electron chi connectivity index (χ2n) is 4.58. The Hall–Kier alpha value is -3.26. The van der Waals surface area contributed by atoms with Crippen LogP contribution in [0.25, 0.3) is 5.52 Å². The summed E-state index contributed by atoms with van der Waals surface area (Å²) < 4.78 is 1.61. The zero-order valence-electron chi connectivity index (χ0n) is 10.9. The Labute approximate surface area is 120 Å². The fourth-order valence-electron chi connectivity index (χ4n) is 2.33. The minimum absolute atomic E-state index is 0.0808. The maximum absolute atomic E-state index is 12.6. The number of benzene rings is 1. The minimum atomic E-state index is -0.296. The first-order valence-electron chi connectivity index (χ1n) is 6.26. The molecule has 5 heteroatoms. The van der Waals surface area contributed by atoms with Crippen molar-refractivity contribution in [1.82, 2.24) is 4.40 Å². The molecular weight excluding hydrogens is 266 g/mol. The molecule has 3 aromatic rings. The van der Waals surface area contributed by atoms with Crippen molar-refractivity contribution >= 4 is 17.0 Å². The number of aromatic hydroxyl groups is 1. The zero-order chi connectivity index (χ0) is 15.0. The maximum Gasteiger partial charge on any atom is 0.211 e. The van der Waals surface area contributed by atoms with Gasteiger partial charge in [0.15, 0.2) is 0 Å². The van der Waals surface area contributed by atoms with E-state index in [-0.39, 0.29) is 28.5 Å². The molecule has 0 aliphatic heterocycles. The molecule has 0 fully saturated rings. The predicted octanol–water partition coefficient (Wildman–Crippen LogP) is 2.33. The number of ketones is 1. The van der Waals surface area contributed by atoms with E-state index >= 15 is 0 Å². The average molecular weight is 277 g/mol. The molecule has 5 nitrogen and oxygen atoms in total. The highest BCUT2D eigenvalue weighted by molar-refractivity contribution is 6.13. The average Bonchev–Trinajstić information content (AvgIpc) is 2.78. The second-order valence-corrected chi connectivity index (χ2v) is 4.58. The lowest BCUT2D eigenvalue weighted by atomic mass is 10.1. The van der Waals surface area contributed by atoms with E-state index in [1.54, 1.807) is 28.8 Å². The quantitative estimate of drug-likeness (QED) is 0.703. The third-order valence-electron chi connectivity index (χ3n) is 3.34. The van der Waals surface area contributed by atoms with Gasteiger partial charge in [-0.25, -0.2) is 0 Å². The van der Waals surface area contributed by atoms with Crippen molar-refractivity contribution in [2.75, 3.05) is 5.73 Å². The summed E-state index contributed by atoms with van der Waals surface area (Å²) in [5.74, 6) is -0.215. The van der Waals surface area contributed by atoms with Crippen LogP contribution in [0.3, 0.4) is 0 Å². The molecule has 3 rings (SSSR count). The van der Waals surface area contributed by atoms with E-state index < -0.39 is 0 Å². The Balaban J connectivity index is 2.25. The van der Waals surface area contributed by atoms with Crippen LogP contribution in [0, 0.1) is 11.3 Å². The lowest BCUT2D eigenvalue weighted by Crippen LogP contribution is -2.07. The fraction of sp³-hybridized carbons (Fsp3) is 0. The van der Waals surface area contributed by atoms with Gasteiger partial charge in [-0.15, -0.1) is 0 Å². The van der Waals surface area contributed by atoms with Gasteiger partial charge in [0.2, 0.25) is 5.78 Å². The molecule has 1 aromatic carbocycles. The number of pyridine rings is 1. The fourth-order valence-corrected chi connectivity index (χ4v) is 2.33. The number of phenols is 1. The van der Waals surface area contributed by atoms with Crippen LogP contribution in [0.2, 0.25) is 0 Å². The standard InChI is InChI=1S/C16H11N3O2/c17-9-12-13-3-1-2-8-19(13)15(14(12)18)16(21)10-4-6-11(20)7-5-10/h1-8,20H,18H2. The van der Waals surface area contributed by atoms with E-state index in [4.69, 9.17) is 5.73 Å². The molecule has 3 N–H and O–H groups in total. The lowest BCUT2D eigenvalue weighted by molar-refractivity contribution is 0.103. The van der Waals surface area contributed by atoms with Gasteiger partial charge in [0.05, 0.1) is 11.2 Å². The van der Waals surface area contributed by atoms with Gasteiger partial charge in [-0.2, -0.15) is 5.26 Å². The van der Waals surface area contributed by atoms with E-state index in [1.165, 1.54) is 24.3 Å². The molecule has 0 saturated carbocycles. The lowest BCUT2D eigenvalue weighted by Gasteiger charge is -2.03. The molecule has 0 aliphatic rings. The third kappa shape index (κ3) is 1.90. The van der Waals surface area contributed by atoms with E-state index in [0.717, 1.165) is 0 Å². The van der Waals surface area contributed by atoms with Crippen molar-refractivity contribution in [3.8, 4) is 11.8 Å². The molecular formula is C16H11N3O2. The molecule has 0 saturated heterocycles. The van der Waals surface area contributed by atoms with Crippen molar-refractivity contribution in [3.63, 3.8) is 0 Å². The van der Waals surface area contributed by atoms with Gasteiger partial charge in [-0.1, -0.05) is 6.07 Å². The summed E-state index contributed by atoms with van der Waals surface area (Å²) in [4.78, 5) is 12.6. The number of phenolic OH excluding ortho intramolecular Hbond substituents is 1. The van der Waals surface area contributed by atoms with Crippen LogP contribution in [-0.4, -0.2) is 15.3 Å². The van der Waals surface area contributed by atoms with Crippen molar-refractivity contribution in [2.45, 2.75) is 0 Å². The number of nitrogen functional groups attached to an aromatic ring is 1. The number of carbonyl (C=O) groups is 1. The Morgan fingerprint density at radius 2 is 1.90 bits per heavy atom. The first kappa shape index (κ1) is 12.8. The summed E-state index contributed by atoms with van der Waals surface area (Å²) in [5.41, 5.74) is 7.69. The third-order valence-corrected chi connectivity index (χ3v) is 3.34. The highest BCUT2D eigenvalue weighted by Crippen LogP contribution is 2.27. The Kier molecular flexibility index (Phi) is 2.85. The summed E-state index contributed by atoms with van der Waals surface area (Å²) in [6.45, 7) is 0. The summed E-state index contributed by atoms with van der Waals surface area (Å²) >= 11 is 0. The summed E-state index contributed by atoms with van der Waals surface area (Å²) in [6.07, 6.45) is 1.69. The second kappa shape index (κ2) is 4.69. The predicted molar refractivity (Wildman–Crippen MR) is 78.1 cm³/mol. The van der Waals surface area contributed by atoms with E-state index in [9.17, 15) is 15.2 Å². The van der Waals surface area contributed by atoms with E-state index in [2.05, 4.69) is 0 Å². The van der Waals surface area contributed by atoms with Crippen LogP contribution in [-0.2, 0) is 0 Å². The van der Waals surface area contributed by atoms with Crippen LogP contribution in [0.5, 0.6) is 5.75 Å². The smallest absolute Gasteiger partial charge is 0.211 e.